The molecule has 2 amide bonds. The van der Waals surface area contributed by atoms with Crippen molar-refractivity contribution < 1.29 is 9.53 Å². The Morgan fingerprint density at radius 1 is 1.26 bits per heavy atom. The van der Waals surface area contributed by atoms with Crippen molar-refractivity contribution in [3.63, 3.8) is 0 Å². The van der Waals surface area contributed by atoms with Crippen molar-refractivity contribution in [2.75, 3.05) is 25.1 Å². The van der Waals surface area contributed by atoms with Crippen LogP contribution in [-0.2, 0) is 0 Å². The van der Waals surface area contributed by atoms with Gasteiger partial charge in [0.2, 0.25) is 5.88 Å². The van der Waals surface area contributed by atoms with Crippen molar-refractivity contribution >= 4 is 11.7 Å². The predicted octanol–water partition coefficient (Wildman–Crippen LogP) is 1.73. The number of anilines is 1. The Labute approximate surface area is 135 Å². The fraction of sp³-hybridized carbons (Fsp3) is 0.294. The third-order valence-corrected chi connectivity index (χ3v) is 4.16. The molecule has 6 nitrogen and oxygen atoms in total. The second-order valence-corrected chi connectivity index (χ2v) is 5.57. The van der Waals surface area contributed by atoms with E-state index in [0.29, 0.717) is 12.4 Å². The number of pyridine rings is 1. The number of carbonyl (C=O) groups excluding carboxylic acids is 1. The first kappa shape index (κ1) is 15.1. The van der Waals surface area contributed by atoms with Crippen LogP contribution in [0.25, 0.3) is 0 Å². The van der Waals surface area contributed by atoms with Gasteiger partial charge in [-0.2, -0.15) is 0 Å². The van der Waals surface area contributed by atoms with E-state index in [2.05, 4.69) is 27.3 Å². The number of ether oxygens (including phenoxy) is 1. The SMILES string of the molecule is COc1ncccc1N1C[C@@H](NC(N)=O)[C@H](c2ccccc2)C1. The van der Waals surface area contributed by atoms with Crippen molar-refractivity contribution in [1.29, 1.82) is 0 Å². The minimum atomic E-state index is -0.504. The molecule has 120 valence electrons. The number of nitrogens with one attached hydrogen (secondary N) is 1. The number of carbonyl (C=O) groups is 1. The lowest BCUT2D eigenvalue weighted by Crippen LogP contribution is -2.42. The van der Waals surface area contributed by atoms with E-state index in [4.69, 9.17) is 10.5 Å². The van der Waals surface area contributed by atoms with Gasteiger partial charge in [-0.15, -0.1) is 0 Å². The van der Waals surface area contributed by atoms with Gasteiger partial charge in [-0.3, -0.25) is 0 Å². The van der Waals surface area contributed by atoms with Crippen LogP contribution in [0.3, 0.4) is 0 Å². The quantitative estimate of drug-likeness (QED) is 0.901. The van der Waals surface area contributed by atoms with Gasteiger partial charge in [-0.1, -0.05) is 30.3 Å². The molecule has 1 aromatic carbocycles. The summed E-state index contributed by atoms with van der Waals surface area (Å²) in [7, 11) is 1.61. The smallest absolute Gasteiger partial charge is 0.312 e. The molecule has 1 aliphatic rings. The van der Waals surface area contributed by atoms with Crippen molar-refractivity contribution in [1.82, 2.24) is 10.3 Å². The third kappa shape index (κ3) is 3.21. The van der Waals surface area contributed by atoms with Crippen LogP contribution in [0.4, 0.5) is 10.5 Å². The molecule has 2 atom stereocenters. The van der Waals surface area contributed by atoms with Gasteiger partial charge in [-0.05, 0) is 17.7 Å². The number of rotatable bonds is 4. The summed E-state index contributed by atoms with van der Waals surface area (Å²) in [4.78, 5) is 17.8. The summed E-state index contributed by atoms with van der Waals surface area (Å²) in [6, 6.07) is 13.4. The molecular weight excluding hydrogens is 292 g/mol. The Morgan fingerprint density at radius 3 is 2.74 bits per heavy atom. The summed E-state index contributed by atoms with van der Waals surface area (Å²) >= 11 is 0. The van der Waals surface area contributed by atoms with Crippen LogP contribution in [0.15, 0.2) is 48.7 Å². The van der Waals surface area contributed by atoms with Crippen LogP contribution in [-0.4, -0.2) is 37.3 Å². The zero-order chi connectivity index (χ0) is 16.2. The van der Waals surface area contributed by atoms with Gasteiger partial charge >= 0.3 is 6.03 Å². The molecule has 1 saturated heterocycles. The van der Waals surface area contributed by atoms with Crippen molar-refractivity contribution in [2.24, 2.45) is 5.73 Å². The number of nitrogens with two attached hydrogens (primary N) is 1. The van der Waals surface area contributed by atoms with Crippen LogP contribution in [0.2, 0.25) is 0 Å². The number of primary amides is 1. The van der Waals surface area contributed by atoms with Gasteiger partial charge in [0.15, 0.2) is 0 Å². The van der Waals surface area contributed by atoms with Gasteiger partial charge in [0.1, 0.15) is 0 Å². The van der Waals surface area contributed by atoms with Gasteiger partial charge in [0, 0.05) is 25.2 Å². The average Bonchev–Trinajstić information content (AvgIpc) is 2.98. The van der Waals surface area contributed by atoms with Crippen molar-refractivity contribution in [3.05, 3.63) is 54.2 Å². The highest BCUT2D eigenvalue weighted by Gasteiger charge is 2.35. The maximum absolute atomic E-state index is 11.4. The molecule has 0 radical (unpaired) electrons. The van der Waals surface area contributed by atoms with Gasteiger partial charge < -0.3 is 20.7 Å². The van der Waals surface area contributed by atoms with Crippen LogP contribution >= 0.6 is 0 Å². The Morgan fingerprint density at radius 2 is 2.04 bits per heavy atom. The number of hydrogen-bond acceptors (Lipinski definition) is 4. The fourth-order valence-corrected chi connectivity index (χ4v) is 3.15. The summed E-state index contributed by atoms with van der Waals surface area (Å²) in [6.45, 7) is 1.42. The Kier molecular flexibility index (Phi) is 4.32. The molecule has 0 unspecified atom stereocenters. The van der Waals surface area contributed by atoms with E-state index < -0.39 is 6.03 Å². The molecule has 2 aromatic rings. The monoisotopic (exact) mass is 312 g/mol. The Bertz CT molecular complexity index is 677. The summed E-state index contributed by atoms with van der Waals surface area (Å²) in [6.07, 6.45) is 1.70. The van der Waals surface area contributed by atoms with Crippen LogP contribution in [0.5, 0.6) is 5.88 Å². The van der Waals surface area contributed by atoms with Crippen LogP contribution in [0, 0.1) is 0 Å². The number of benzene rings is 1. The number of hydrogen-bond donors (Lipinski definition) is 2. The first-order valence-electron chi connectivity index (χ1n) is 7.54. The van der Waals surface area contributed by atoms with Crippen molar-refractivity contribution in [3.8, 4) is 5.88 Å². The summed E-state index contributed by atoms with van der Waals surface area (Å²) in [5, 5.41) is 2.86. The molecule has 3 N–H and O–H groups in total. The highest BCUT2D eigenvalue weighted by Crippen LogP contribution is 2.34. The minimum absolute atomic E-state index is 0.0557. The van der Waals surface area contributed by atoms with Crippen LogP contribution in [0.1, 0.15) is 11.5 Å². The van der Waals surface area contributed by atoms with E-state index in [1.807, 2.05) is 30.3 Å². The molecule has 0 spiro atoms. The molecule has 0 aliphatic carbocycles. The van der Waals surface area contributed by atoms with E-state index in [-0.39, 0.29) is 12.0 Å². The van der Waals surface area contributed by atoms with E-state index in [1.165, 1.54) is 5.56 Å². The molecule has 6 heteroatoms. The molecule has 0 saturated carbocycles. The van der Waals surface area contributed by atoms with Crippen LogP contribution < -0.4 is 20.7 Å². The molecule has 23 heavy (non-hydrogen) atoms. The largest absolute Gasteiger partial charge is 0.480 e. The molecule has 3 rings (SSSR count). The highest BCUT2D eigenvalue weighted by molar-refractivity contribution is 5.72. The van der Waals surface area contributed by atoms with Gasteiger partial charge in [-0.25, -0.2) is 9.78 Å². The number of urea groups is 1. The summed E-state index contributed by atoms with van der Waals surface area (Å²) in [5.41, 5.74) is 7.45. The number of methoxy groups -OCH3 is 1. The van der Waals surface area contributed by atoms with E-state index in [9.17, 15) is 4.79 Å². The molecule has 1 fully saturated rings. The minimum Gasteiger partial charge on any atom is -0.480 e. The Hall–Kier alpha value is -2.76. The lowest BCUT2D eigenvalue weighted by atomic mass is 9.94. The molecular formula is C17H20N4O2. The zero-order valence-corrected chi connectivity index (χ0v) is 13.0. The fourth-order valence-electron chi connectivity index (χ4n) is 3.15. The standard InChI is InChI=1S/C17H20N4O2/c1-23-16-15(8-5-9-19-16)21-10-13(12-6-3-2-4-7-12)14(11-21)20-17(18)22/h2-9,13-14H,10-11H2,1H3,(H3,18,20,22)/t13-,14+/m0/s1. The molecule has 1 aromatic heterocycles. The third-order valence-electron chi connectivity index (χ3n) is 4.16. The highest BCUT2D eigenvalue weighted by atomic mass is 16.5. The molecule has 2 heterocycles. The first-order valence-corrected chi connectivity index (χ1v) is 7.54. The van der Waals surface area contributed by atoms with E-state index >= 15 is 0 Å². The lowest BCUT2D eigenvalue weighted by Gasteiger charge is -2.20. The van der Waals surface area contributed by atoms with E-state index in [1.54, 1.807) is 13.3 Å². The topological polar surface area (TPSA) is 80.5 Å². The second kappa shape index (κ2) is 6.56. The average molecular weight is 312 g/mol. The van der Waals surface area contributed by atoms with Gasteiger partial charge in [0.25, 0.3) is 0 Å². The maximum Gasteiger partial charge on any atom is 0.312 e. The maximum atomic E-state index is 11.4. The summed E-state index contributed by atoms with van der Waals surface area (Å²) < 4.78 is 5.35. The normalized spacial score (nSPS) is 20.3. The first-order chi connectivity index (χ1) is 11.2. The van der Waals surface area contributed by atoms with Crippen molar-refractivity contribution in [2.45, 2.75) is 12.0 Å². The second-order valence-electron chi connectivity index (χ2n) is 5.57. The summed E-state index contributed by atoms with van der Waals surface area (Å²) in [5.74, 6) is 0.743. The number of aromatic nitrogens is 1. The Balaban J connectivity index is 1.89. The predicted molar refractivity (Wildman–Crippen MR) is 88.7 cm³/mol. The van der Waals surface area contributed by atoms with E-state index in [0.717, 1.165) is 12.2 Å². The number of nitrogens with zero attached hydrogens (tertiary/aromatic N) is 2. The number of amides is 2. The molecule has 0 bridgehead atoms. The lowest BCUT2D eigenvalue weighted by molar-refractivity contribution is 0.245. The zero-order valence-electron chi connectivity index (χ0n) is 13.0. The van der Waals surface area contributed by atoms with Gasteiger partial charge in [0.05, 0.1) is 18.8 Å². The molecule has 1 aliphatic heterocycles.